The van der Waals surface area contributed by atoms with E-state index in [1.165, 1.54) is 17.0 Å². The summed E-state index contributed by atoms with van der Waals surface area (Å²) in [4.78, 5) is 28.6. The Bertz CT molecular complexity index is 1110. The van der Waals surface area contributed by atoms with Crippen LogP contribution in [0.4, 0.5) is 11.4 Å². The second-order valence-corrected chi connectivity index (χ2v) is 8.18. The minimum Gasteiger partial charge on any atom is -0.595 e. The molecule has 32 heavy (non-hydrogen) atoms. The lowest BCUT2D eigenvalue weighted by molar-refractivity contribution is -0.991. The third kappa shape index (κ3) is 3.35. The number of nitrogens with zero attached hydrogens (tertiary/aromatic N) is 1. The van der Waals surface area contributed by atoms with Crippen LogP contribution in [-0.2, 0) is 9.59 Å². The Morgan fingerprint density at radius 3 is 1.69 bits per heavy atom. The van der Waals surface area contributed by atoms with Gasteiger partial charge in [0.2, 0.25) is 11.8 Å². The molecule has 5 atom stereocenters. The van der Waals surface area contributed by atoms with Crippen LogP contribution in [-0.4, -0.2) is 17.0 Å². The van der Waals surface area contributed by atoms with Gasteiger partial charge in [0.1, 0.15) is 0 Å². The minimum atomic E-state index is -1.10. The van der Waals surface area contributed by atoms with E-state index in [-0.39, 0.29) is 29.3 Å². The van der Waals surface area contributed by atoms with Crippen molar-refractivity contribution in [3.05, 3.63) is 113 Å². The van der Waals surface area contributed by atoms with Crippen molar-refractivity contribution in [2.75, 3.05) is 4.90 Å². The van der Waals surface area contributed by atoms with E-state index >= 15 is 0 Å². The molecule has 2 amide bonds. The summed E-state index contributed by atoms with van der Waals surface area (Å²) in [5.41, 5.74) is 2.29. The first kappa shape index (κ1) is 20.3. The monoisotopic (exact) mass is 426 g/mol. The molecule has 0 saturated carbocycles. The van der Waals surface area contributed by atoms with Crippen molar-refractivity contribution in [2.45, 2.75) is 11.8 Å². The van der Waals surface area contributed by atoms with Gasteiger partial charge in [-0.2, -0.15) is 5.23 Å². The minimum absolute atomic E-state index is 0.0373. The van der Waals surface area contributed by atoms with E-state index in [9.17, 15) is 20.0 Å². The molecule has 2 aliphatic rings. The van der Waals surface area contributed by atoms with Gasteiger partial charge in [-0.15, -0.1) is 0 Å². The van der Waals surface area contributed by atoms with Crippen LogP contribution in [0.2, 0.25) is 0 Å². The van der Waals surface area contributed by atoms with Gasteiger partial charge < -0.3 is 5.21 Å². The average molecular weight is 426 g/mol. The largest absolute Gasteiger partial charge is 0.595 e. The molecular weight excluding hydrogens is 404 g/mol. The highest BCUT2D eigenvalue weighted by atomic mass is 16.8. The molecule has 160 valence electrons. The second-order valence-electron chi connectivity index (χ2n) is 8.18. The van der Waals surface area contributed by atoms with E-state index in [2.05, 4.69) is 0 Å². The Kier molecular flexibility index (Phi) is 5.19. The first-order valence-electron chi connectivity index (χ1n) is 10.6. The standard InChI is InChI=1S/C26H22N2O4/c29-25-23-21(17-8-3-1-4-9-17)14-15-22(18-10-5-2-6-11-18)24(23)26(30)27(25)19-12-7-13-20(16-19)28(31)32/h1-16,21-24,28,31H/t21-,22+,23+,24-. The zero-order valence-corrected chi connectivity index (χ0v) is 17.2. The van der Waals surface area contributed by atoms with E-state index in [0.717, 1.165) is 11.1 Å². The van der Waals surface area contributed by atoms with Crippen molar-refractivity contribution in [1.82, 2.24) is 0 Å². The summed E-state index contributed by atoms with van der Waals surface area (Å²) in [6.45, 7) is 0. The lowest BCUT2D eigenvalue weighted by Gasteiger charge is -2.32. The fourth-order valence-corrected chi connectivity index (χ4v) is 4.97. The number of anilines is 1. The van der Waals surface area contributed by atoms with E-state index in [1.54, 1.807) is 12.1 Å². The summed E-state index contributed by atoms with van der Waals surface area (Å²) in [7, 11) is 0. The molecule has 0 aromatic heterocycles. The zero-order chi connectivity index (χ0) is 22.2. The molecule has 1 aliphatic heterocycles. The van der Waals surface area contributed by atoms with Crippen LogP contribution < -0.4 is 10.1 Å². The smallest absolute Gasteiger partial charge is 0.238 e. The predicted molar refractivity (Wildman–Crippen MR) is 119 cm³/mol. The van der Waals surface area contributed by atoms with Crippen molar-refractivity contribution in [2.24, 2.45) is 11.8 Å². The van der Waals surface area contributed by atoms with Crippen molar-refractivity contribution < 1.29 is 20.0 Å². The molecule has 3 aromatic carbocycles. The van der Waals surface area contributed by atoms with Crippen LogP contribution in [0.3, 0.4) is 0 Å². The Morgan fingerprint density at radius 2 is 1.22 bits per heavy atom. The Balaban J connectivity index is 1.62. The van der Waals surface area contributed by atoms with Gasteiger partial charge in [0.25, 0.3) is 0 Å². The molecule has 1 aliphatic carbocycles. The first-order chi connectivity index (χ1) is 15.6. The lowest BCUT2D eigenvalue weighted by Crippen LogP contribution is -2.99. The Labute approximate surface area is 185 Å². The second kappa shape index (κ2) is 8.16. The summed E-state index contributed by atoms with van der Waals surface area (Å²) in [6, 6.07) is 25.5. The quantitative estimate of drug-likeness (QED) is 0.381. The van der Waals surface area contributed by atoms with E-state index in [0.29, 0.717) is 5.69 Å². The summed E-state index contributed by atoms with van der Waals surface area (Å²) in [5, 5.41) is 19.7. The van der Waals surface area contributed by atoms with Gasteiger partial charge >= 0.3 is 0 Å². The number of rotatable bonds is 4. The molecule has 5 rings (SSSR count). The molecule has 1 saturated heterocycles. The molecule has 6 nitrogen and oxygen atoms in total. The van der Waals surface area contributed by atoms with Crippen molar-refractivity contribution in [3.63, 3.8) is 0 Å². The summed E-state index contributed by atoms with van der Waals surface area (Å²) < 4.78 is 0. The third-order valence-corrected chi connectivity index (χ3v) is 6.42. The van der Waals surface area contributed by atoms with Crippen LogP contribution in [0.1, 0.15) is 23.0 Å². The molecular formula is C26H22N2O4. The SMILES string of the molecule is O=C1[C@@H]2[C@H](C(=O)N1c1cccc([NH+]([O-])O)c1)[C@H](c1ccccc1)C=C[C@@H]2c1ccccc1. The number of hydrogen-bond donors (Lipinski definition) is 2. The van der Waals surface area contributed by atoms with Gasteiger partial charge in [-0.05, 0) is 17.2 Å². The molecule has 0 spiro atoms. The molecule has 1 fully saturated rings. The number of benzene rings is 3. The van der Waals surface area contributed by atoms with Gasteiger partial charge in [0.05, 0.1) is 17.5 Å². The van der Waals surface area contributed by atoms with Gasteiger partial charge in [-0.3, -0.25) is 9.59 Å². The first-order valence-corrected chi connectivity index (χ1v) is 10.6. The molecule has 3 aromatic rings. The average Bonchev–Trinajstić information content (AvgIpc) is 3.10. The highest BCUT2D eigenvalue weighted by Crippen LogP contribution is 2.50. The van der Waals surface area contributed by atoms with Crippen LogP contribution in [0, 0.1) is 17.0 Å². The van der Waals surface area contributed by atoms with Crippen LogP contribution in [0.15, 0.2) is 97.1 Å². The fourth-order valence-electron chi connectivity index (χ4n) is 4.97. The summed E-state index contributed by atoms with van der Waals surface area (Å²) >= 11 is 0. The van der Waals surface area contributed by atoms with E-state index in [4.69, 9.17) is 0 Å². The van der Waals surface area contributed by atoms with E-state index < -0.39 is 17.1 Å². The third-order valence-electron chi connectivity index (χ3n) is 6.42. The Hall–Kier alpha value is -3.58. The van der Waals surface area contributed by atoms with Gasteiger partial charge in [-0.1, -0.05) is 78.9 Å². The number of nitrogens with one attached hydrogen (secondary N) is 1. The van der Waals surface area contributed by atoms with Gasteiger partial charge in [-0.25, -0.2) is 10.1 Å². The van der Waals surface area contributed by atoms with Crippen LogP contribution in [0.5, 0.6) is 0 Å². The highest BCUT2D eigenvalue weighted by Gasteiger charge is 2.55. The molecule has 6 heteroatoms. The van der Waals surface area contributed by atoms with Crippen molar-refractivity contribution in [3.8, 4) is 0 Å². The van der Waals surface area contributed by atoms with Gasteiger partial charge in [0, 0.05) is 24.0 Å². The maximum Gasteiger partial charge on any atom is 0.238 e. The molecule has 1 heterocycles. The number of fused-ring (bicyclic) bond motifs is 1. The topological polar surface area (TPSA) is 85.1 Å². The molecule has 0 radical (unpaired) electrons. The normalized spacial score (nSPS) is 25.6. The molecule has 1 unspecified atom stereocenters. The van der Waals surface area contributed by atoms with Crippen molar-refractivity contribution in [1.29, 1.82) is 0 Å². The number of quaternary nitrogens is 1. The number of carbonyl (C=O) groups excluding carboxylic acids is 2. The highest BCUT2D eigenvalue weighted by molar-refractivity contribution is 6.23. The van der Waals surface area contributed by atoms with E-state index in [1.807, 2.05) is 72.8 Å². The van der Waals surface area contributed by atoms with Crippen LogP contribution in [0.25, 0.3) is 0 Å². The lowest BCUT2D eigenvalue weighted by atomic mass is 9.68. The molecule has 0 bridgehead atoms. The van der Waals surface area contributed by atoms with Gasteiger partial charge in [0.15, 0.2) is 5.69 Å². The number of imide groups is 1. The summed E-state index contributed by atoms with van der Waals surface area (Å²) in [6.07, 6.45) is 4.08. The number of amides is 2. The number of hydrogen-bond acceptors (Lipinski definition) is 4. The van der Waals surface area contributed by atoms with Crippen molar-refractivity contribution >= 4 is 23.2 Å². The zero-order valence-electron chi connectivity index (χ0n) is 17.2. The Morgan fingerprint density at radius 1 is 0.719 bits per heavy atom. The number of allylic oxidation sites excluding steroid dienone is 2. The summed E-state index contributed by atoms with van der Waals surface area (Å²) in [5.74, 6) is -2.17. The maximum absolute atomic E-state index is 13.7. The fraction of sp³-hybridized carbons (Fsp3) is 0.154. The van der Waals surface area contributed by atoms with Crippen LogP contribution >= 0.6 is 0 Å². The predicted octanol–water partition coefficient (Wildman–Crippen LogP) is 3.33. The number of carbonyl (C=O) groups is 2. The molecule has 2 N–H and O–H groups in total. The maximum atomic E-state index is 13.7.